The molecule has 0 aromatic rings. The predicted octanol–water partition coefficient (Wildman–Crippen LogP) is 3.86. The molecule has 0 radical (unpaired) electrons. The minimum absolute atomic E-state index is 0.171. The van der Waals surface area contributed by atoms with Crippen molar-refractivity contribution in [1.29, 1.82) is 0 Å². The Hall–Kier alpha value is -0.730. The van der Waals surface area contributed by atoms with Crippen molar-refractivity contribution in [1.82, 2.24) is 0 Å². The molecule has 0 saturated carbocycles. The van der Waals surface area contributed by atoms with Gasteiger partial charge in [0.05, 0.1) is 0 Å². The second-order valence-corrected chi connectivity index (χ2v) is 8.71. The maximum atomic E-state index is 12.0. The molecular formula is C24H46O7. The Morgan fingerprint density at radius 3 is 1.87 bits per heavy atom. The summed E-state index contributed by atoms with van der Waals surface area (Å²) in [6.07, 6.45) is 9.38. The van der Waals surface area contributed by atoms with E-state index in [0.29, 0.717) is 13.0 Å². The zero-order chi connectivity index (χ0) is 22.9. The summed E-state index contributed by atoms with van der Waals surface area (Å²) < 4.78 is 16.2. The summed E-state index contributed by atoms with van der Waals surface area (Å²) in [5, 5.41) is 30.1. The van der Waals surface area contributed by atoms with Crippen LogP contribution in [0.2, 0.25) is 0 Å². The van der Waals surface area contributed by atoms with Gasteiger partial charge in [-0.25, -0.2) is 0 Å². The molecule has 31 heavy (non-hydrogen) atoms. The Labute approximate surface area is 188 Å². The molecular weight excluding hydrogens is 400 g/mol. The van der Waals surface area contributed by atoms with Crippen LogP contribution in [0.15, 0.2) is 0 Å². The van der Waals surface area contributed by atoms with Crippen LogP contribution in [0.4, 0.5) is 0 Å². The third-order valence-electron chi connectivity index (χ3n) is 5.84. The Bertz CT molecular complexity index is 446. The van der Waals surface area contributed by atoms with Crippen LogP contribution in [0.5, 0.6) is 0 Å². The molecule has 0 aromatic heterocycles. The first kappa shape index (κ1) is 28.3. The maximum absolute atomic E-state index is 12.0. The third kappa shape index (κ3) is 12.2. The SMILES string of the molecule is CCCCCCCCCCCCCC(=O)OC[C@H]1OC(OCCCC)[C@H](O)[C@@H](O)[C@@H]1O. The van der Waals surface area contributed by atoms with Crippen LogP contribution in [0, 0.1) is 0 Å². The lowest BCUT2D eigenvalue weighted by Crippen LogP contribution is -2.59. The van der Waals surface area contributed by atoms with Crippen LogP contribution in [0.3, 0.4) is 0 Å². The van der Waals surface area contributed by atoms with E-state index in [0.717, 1.165) is 32.1 Å². The first-order valence-electron chi connectivity index (χ1n) is 12.5. The maximum Gasteiger partial charge on any atom is 0.305 e. The summed E-state index contributed by atoms with van der Waals surface area (Å²) in [5.74, 6) is -0.337. The zero-order valence-corrected chi connectivity index (χ0v) is 19.7. The van der Waals surface area contributed by atoms with E-state index in [9.17, 15) is 20.1 Å². The second-order valence-electron chi connectivity index (χ2n) is 8.71. The number of carbonyl (C=O) groups is 1. The first-order chi connectivity index (χ1) is 15.0. The van der Waals surface area contributed by atoms with Crippen molar-refractivity contribution < 1.29 is 34.3 Å². The van der Waals surface area contributed by atoms with Gasteiger partial charge in [-0.3, -0.25) is 4.79 Å². The van der Waals surface area contributed by atoms with Gasteiger partial charge in [-0.15, -0.1) is 0 Å². The molecule has 1 heterocycles. The number of hydrogen-bond acceptors (Lipinski definition) is 7. The number of aliphatic hydroxyl groups excluding tert-OH is 3. The van der Waals surface area contributed by atoms with Crippen molar-refractivity contribution in [2.24, 2.45) is 0 Å². The normalized spacial score (nSPS) is 26.2. The summed E-state index contributed by atoms with van der Waals surface area (Å²) in [7, 11) is 0. The van der Waals surface area contributed by atoms with Crippen molar-refractivity contribution in [2.75, 3.05) is 13.2 Å². The second kappa shape index (κ2) is 17.8. The van der Waals surface area contributed by atoms with Gasteiger partial charge in [-0.05, 0) is 12.8 Å². The topological polar surface area (TPSA) is 105 Å². The Kier molecular flexibility index (Phi) is 16.2. The molecule has 3 N–H and O–H groups in total. The molecule has 1 rings (SSSR count). The van der Waals surface area contributed by atoms with Crippen molar-refractivity contribution in [3.63, 3.8) is 0 Å². The minimum atomic E-state index is -1.41. The summed E-state index contributed by atoms with van der Waals surface area (Å²) >= 11 is 0. The van der Waals surface area contributed by atoms with E-state index in [2.05, 4.69) is 6.92 Å². The van der Waals surface area contributed by atoms with Crippen LogP contribution >= 0.6 is 0 Å². The average Bonchev–Trinajstić information content (AvgIpc) is 2.76. The number of unbranched alkanes of at least 4 members (excludes halogenated alkanes) is 11. The lowest BCUT2D eigenvalue weighted by molar-refractivity contribution is -0.301. The monoisotopic (exact) mass is 446 g/mol. The summed E-state index contributed by atoms with van der Waals surface area (Å²) in [4.78, 5) is 12.0. The molecule has 0 bridgehead atoms. The van der Waals surface area contributed by atoms with Crippen molar-refractivity contribution in [2.45, 2.75) is 134 Å². The minimum Gasteiger partial charge on any atom is -0.463 e. The van der Waals surface area contributed by atoms with E-state index in [1.807, 2.05) is 6.92 Å². The van der Waals surface area contributed by atoms with Crippen molar-refractivity contribution in [3.8, 4) is 0 Å². The molecule has 184 valence electrons. The van der Waals surface area contributed by atoms with Gasteiger partial charge < -0.3 is 29.5 Å². The van der Waals surface area contributed by atoms with Crippen LogP contribution in [-0.4, -0.2) is 65.2 Å². The van der Waals surface area contributed by atoms with Crippen LogP contribution in [0.25, 0.3) is 0 Å². The molecule has 0 aromatic carbocycles. The molecule has 7 nitrogen and oxygen atoms in total. The highest BCUT2D eigenvalue weighted by Gasteiger charge is 2.44. The number of carbonyl (C=O) groups excluding carboxylic acids is 1. The molecule has 5 atom stereocenters. The van der Waals surface area contributed by atoms with E-state index in [-0.39, 0.29) is 12.6 Å². The number of ether oxygens (including phenoxy) is 3. The van der Waals surface area contributed by atoms with Gasteiger partial charge in [0.1, 0.15) is 31.0 Å². The van der Waals surface area contributed by atoms with Gasteiger partial charge in [0.15, 0.2) is 6.29 Å². The fourth-order valence-electron chi connectivity index (χ4n) is 3.72. The number of rotatable bonds is 18. The predicted molar refractivity (Wildman–Crippen MR) is 120 cm³/mol. The molecule has 7 heteroatoms. The molecule has 1 saturated heterocycles. The standard InChI is InChI=1S/C24H46O7/c1-3-5-7-8-9-10-11-12-13-14-15-16-20(25)30-18-19-21(26)22(27)23(28)24(31-19)29-17-6-4-2/h19,21-24,26-28H,3-18H2,1-2H3/t19-,21-,22+,23-,24?/m1/s1. The molecule has 0 spiro atoms. The van der Waals surface area contributed by atoms with Crippen LogP contribution < -0.4 is 0 Å². The highest BCUT2D eigenvalue weighted by Crippen LogP contribution is 2.23. The zero-order valence-electron chi connectivity index (χ0n) is 19.7. The highest BCUT2D eigenvalue weighted by atomic mass is 16.7. The van der Waals surface area contributed by atoms with Gasteiger partial charge in [-0.2, -0.15) is 0 Å². The molecule has 1 fully saturated rings. The van der Waals surface area contributed by atoms with E-state index in [4.69, 9.17) is 14.2 Å². The smallest absolute Gasteiger partial charge is 0.305 e. The fourth-order valence-corrected chi connectivity index (χ4v) is 3.72. The van der Waals surface area contributed by atoms with E-state index >= 15 is 0 Å². The summed E-state index contributed by atoms with van der Waals surface area (Å²) in [6, 6.07) is 0. The number of hydrogen-bond donors (Lipinski definition) is 3. The van der Waals surface area contributed by atoms with E-state index in [1.54, 1.807) is 0 Å². The summed E-state index contributed by atoms with van der Waals surface area (Å²) in [6.45, 7) is 4.46. The molecule has 1 unspecified atom stereocenters. The molecule has 1 aliphatic heterocycles. The van der Waals surface area contributed by atoms with Gasteiger partial charge in [0.25, 0.3) is 0 Å². The molecule has 0 amide bonds. The Morgan fingerprint density at radius 1 is 0.742 bits per heavy atom. The van der Waals surface area contributed by atoms with Crippen LogP contribution in [-0.2, 0) is 19.0 Å². The quantitative estimate of drug-likeness (QED) is 0.217. The van der Waals surface area contributed by atoms with Gasteiger partial charge in [0, 0.05) is 13.0 Å². The van der Waals surface area contributed by atoms with Crippen molar-refractivity contribution >= 4 is 5.97 Å². The van der Waals surface area contributed by atoms with Gasteiger partial charge in [-0.1, -0.05) is 84.5 Å². The molecule has 1 aliphatic rings. The lowest BCUT2D eigenvalue weighted by Gasteiger charge is -2.39. The van der Waals surface area contributed by atoms with Gasteiger partial charge in [0.2, 0.25) is 0 Å². The first-order valence-corrected chi connectivity index (χ1v) is 12.5. The van der Waals surface area contributed by atoms with Gasteiger partial charge >= 0.3 is 5.97 Å². The number of esters is 1. The Balaban J connectivity index is 2.12. The van der Waals surface area contributed by atoms with E-state index in [1.165, 1.54) is 51.4 Å². The lowest BCUT2D eigenvalue weighted by atomic mass is 9.99. The average molecular weight is 447 g/mol. The van der Waals surface area contributed by atoms with Crippen molar-refractivity contribution in [3.05, 3.63) is 0 Å². The Morgan fingerprint density at radius 2 is 1.29 bits per heavy atom. The molecule has 0 aliphatic carbocycles. The van der Waals surface area contributed by atoms with E-state index < -0.39 is 30.7 Å². The number of aliphatic hydroxyl groups is 3. The summed E-state index contributed by atoms with van der Waals surface area (Å²) in [5.41, 5.74) is 0. The highest BCUT2D eigenvalue weighted by molar-refractivity contribution is 5.69. The van der Waals surface area contributed by atoms with Crippen LogP contribution in [0.1, 0.15) is 104 Å². The fraction of sp³-hybridized carbons (Fsp3) is 0.958. The largest absolute Gasteiger partial charge is 0.463 e. The third-order valence-corrected chi connectivity index (χ3v) is 5.84.